The molecule has 1 N–H and O–H groups in total. The molecule has 5 rings (SSSR count). The van der Waals surface area contributed by atoms with Crippen molar-refractivity contribution in [2.45, 2.75) is 32.2 Å². The number of imidazole rings is 1. The first-order valence-corrected chi connectivity index (χ1v) is 11.2. The van der Waals surface area contributed by atoms with E-state index in [0.717, 1.165) is 43.5 Å². The smallest absolute Gasteiger partial charge is 0.341 e. The third-order valence-electron chi connectivity index (χ3n) is 6.19. The van der Waals surface area contributed by atoms with Crippen LogP contribution in [0.5, 0.6) is 5.75 Å². The van der Waals surface area contributed by atoms with Crippen molar-refractivity contribution in [1.29, 1.82) is 0 Å². The quantitative estimate of drug-likeness (QED) is 0.447. The van der Waals surface area contributed by atoms with Crippen LogP contribution < -0.4 is 4.74 Å². The molecule has 168 valence electrons. The van der Waals surface area contributed by atoms with Gasteiger partial charge < -0.3 is 14.4 Å². The number of carboxylic acid groups (broad SMARTS) is 1. The Kier molecular flexibility index (Phi) is 5.93. The van der Waals surface area contributed by atoms with Crippen molar-refractivity contribution < 1.29 is 14.6 Å². The van der Waals surface area contributed by atoms with Gasteiger partial charge in [0.15, 0.2) is 6.61 Å². The molecule has 4 aromatic rings. The monoisotopic (exact) mass is 442 g/mol. The summed E-state index contributed by atoms with van der Waals surface area (Å²) in [6.45, 7) is 0.558. The molecule has 33 heavy (non-hydrogen) atoms. The summed E-state index contributed by atoms with van der Waals surface area (Å²) in [4.78, 5) is 15.0. The van der Waals surface area contributed by atoms with E-state index < -0.39 is 5.97 Å². The van der Waals surface area contributed by atoms with Gasteiger partial charge in [-0.15, -0.1) is 0 Å². The van der Waals surface area contributed by atoms with E-state index in [1.54, 1.807) is 6.20 Å². The molecule has 0 saturated heterocycles. The Morgan fingerprint density at radius 1 is 1.18 bits per heavy atom. The lowest BCUT2D eigenvalue weighted by Crippen LogP contribution is -2.21. The van der Waals surface area contributed by atoms with Gasteiger partial charge in [-0.3, -0.25) is 4.68 Å². The van der Waals surface area contributed by atoms with E-state index in [0.29, 0.717) is 11.7 Å². The third kappa shape index (κ3) is 4.82. The number of hydrogen-bond acceptors (Lipinski definition) is 4. The van der Waals surface area contributed by atoms with Gasteiger partial charge in [0.2, 0.25) is 0 Å². The molecule has 7 heteroatoms. The van der Waals surface area contributed by atoms with E-state index in [1.165, 1.54) is 16.7 Å². The second kappa shape index (κ2) is 9.32. The standard InChI is InChI=1S/C26H26N4O3/c31-26(32)17-33-25-7-3-5-21-12-19(8-9-23(21)25)15-30-16-20(14-28-30)13-22-4-1-2-6-24(22)29-11-10-27-18-29/h1-7,10-11,14,16,18-19H,8-9,12-13,15,17H2,(H,31,32). The van der Waals surface area contributed by atoms with Crippen molar-refractivity contribution in [3.63, 3.8) is 0 Å². The van der Waals surface area contributed by atoms with Crippen molar-refractivity contribution >= 4 is 5.97 Å². The Morgan fingerprint density at radius 3 is 2.94 bits per heavy atom. The fraction of sp³-hybridized carbons (Fsp3) is 0.269. The van der Waals surface area contributed by atoms with Crippen molar-refractivity contribution in [1.82, 2.24) is 19.3 Å². The number of ether oxygens (including phenoxy) is 1. The van der Waals surface area contributed by atoms with Crippen LogP contribution in [0.25, 0.3) is 5.69 Å². The number of fused-ring (bicyclic) bond motifs is 1. The van der Waals surface area contributed by atoms with E-state index in [-0.39, 0.29) is 6.61 Å². The topological polar surface area (TPSA) is 82.2 Å². The highest BCUT2D eigenvalue weighted by molar-refractivity contribution is 5.68. The highest BCUT2D eigenvalue weighted by Gasteiger charge is 2.22. The molecule has 0 amide bonds. The SMILES string of the molecule is O=C(O)COc1cccc2c1CCC(Cn1cc(Cc3ccccc3-n3ccnc3)cn1)C2. The molecule has 0 spiro atoms. The second-order valence-corrected chi connectivity index (χ2v) is 8.53. The van der Waals surface area contributed by atoms with Crippen molar-refractivity contribution in [3.05, 3.63) is 95.8 Å². The van der Waals surface area contributed by atoms with Crippen molar-refractivity contribution in [2.24, 2.45) is 5.92 Å². The maximum absolute atomic E-state index is 10.9. The highest BCUT2D eigenvalue weighted by atomic mass is 16.5. The van der Waals surface area contributed by atoms with Crippen LogP contribution in [-0.2, 0) is 30.6 Å². The molecule has 0 fully saturated rings. The summed E-state index contributed by atoms with van der Waals surface area (Å²) in [5, 5.41) is 13.5. The Bertz CT molecular complexity index is 1250. The van der Waals surface area contributed by atoms with E-state index in [1.807, 2.05) is 41.5 Å². The summed E-state index contributed by atoms with van der Waals surface area (Å²) >= 11 is 0. The number of aromatic nitrogens is 4. The lowest BCUT2D eigenvalue weighted by atomic mass is 9.83. The first-order chi connectivity index (χ1) is 16.2. The molecule has 1 unspecified atom stereocenters. The number of para-hydroxylation sites is 1. The number of hydrogen-bond donors (Lipinski definition) is 1. The Balaban J connectivity index is 1.25. The third-order valence-corrected chi connectivity index (χ3v) is 6.19. The molecule has 0 saturated carbocycles. The van der Waals surface area contributed by atoms with Crippen LogP contribution in [-0.4, -0.2) is 37.0 Å². The zero-order chi connectivity index (χ0) is 22.6. The molecular formula is C26H26N4O3. The molecule has 2 heterocycles. The fourth-order valence-corrected chi connectivity index (χ4v) is 4.67. The normalized spacial score (nSPS) is 15.2. The minimum absolute atomic E-state index is 0.306. The van der Waals surface area contributed by atoms with Gasteiger partial charge >= 0.3 is 5.97 Å². The maximum Gasteiger partial charge on any atom is 0.341 e. The Morgan fingerprint density at radius 2 is 2.09 bits per heavy atom. The predicted octanol–water partition coefficient (Wildman–Crippen LogP) is 3.93. The van der Waals surface area contributed by atoms with Crippen molar-refractivity contribution in [2.75, 3.05) is 6.61 Å². The summed E-state index contributed by atoms with van der Waals surface area (Å²) in [5.74, 6) is 0.230. The molecule has 1 atom stereocenters. The first-order valence-electron chi connectivity index (χ1n) is 11.2. The van der Waals surface area contributed by atoms with E-state index in [9.17, 15) is 4.79 Å². The molecule has 0 aliphatic heterocycles. The summed E-state index contributed by atoms with van der Waals surface area (Å²) in [5.41, 5.74) is 5.94. The van der Waals surface area contributed by atoms with Crippen LogP contribution >= 0.6 is 0 Å². The minimum Gasteiger partial charge on any atom is -0.482 e. The van der Waals surface area contributed by atoms with Crippen molar-refractivity contribution in [3.8, 4) is 11.4 Å². The van der Waals surface area contributed by atoms with Crippen LogP contribution in [0.4, 0.5) is 0 Å². The van der Waals surface area contributed by atoms with Gasteiger partial charge in [-0.25, -0.2) is 9.78 Å². The first kappa shape index (κ1) is 21.0. The van der Waals surface area contributed by atoms with E-state index in [4.69, 9.17) is 9.84 Å². The van der Waals surface area contributed by atoms with Crippen LogP contribution in [0, 0.1) is 5.92 Å². The van der Waals surface area contributed by atoms with Gasteiger partial charge in [0, 0.05) is 37.2 Å². The largest absolute Gasteiger partial charge is 0.482 e. The lowest BCUT2D eigenvalue weighted by molar-refractivity contribution is -0.139. The molecule has 7 nitrogen and oxygen atoms in total. The summed E-state index contributed by atoms with van der Waals surface area (Å²) in [7, 11) is 0. The van der Waals surface area contributed by atoms with Gasteiger partial charge in [-0.2, -0.15) is 5.10 Å². The van der Waals surface area contributed by atoms with Crippen LogP contribution in [0.3, 0.4) is 0 Å². The Hall–Kier alpha value is -3.87. The average molecular weight is 443 g/mol. The van der Waals surface area contributed by atoms with E-state index >= 15 is 0 Å². The van der Waals surface area contributed by atoms with Gasteiger partial charge in [-0.1, -0.05) is 30.3 Å². The van der Waals surface area contributed by atoms with Crippen LogP contribution in [0.1, 0.15) is 28.7 Å². The van der Waals surface area contributed by atoms with Gasteiger partial charge in [0.05, 0.1) is 12.5 Å². The number of nitrogens with zero attached hydrogens (tertiary/aromatic N) is 4. The molecule has 1 aliphatic carbocycles. The fourth-order valence-electron chi connectivity index (χ4n) is 4.67. The number of aliphatic carboxylic acids is 1. The summed E-state index contributed by atoms with van der Waals surface area (Å²) < 4.78 is 9.58. The Labute approximate surface area is 192 Å². The number of benzene rings is 2. The molecule has 0 bridgehead atoms. The predicted molar refractivity (Wildman–Crippen MR) is 124 cm³/mol. The maximum atomic E-state index is 10.9. The summed E-state index contributed by atoms with van der Waals surface area (Å²) in [6.07, 6.45) is 13.3. The van der Waals surface area contributed by atoms with E-state index in [2.05, 4.69) is 45.2 Å². The molecule has 1 aliphatic rings. The van der Waals surface area contributed by atoms with Gasteiger partial charge in [0.1, 0.15) is 5.75 Å². The molecule has 0 radical (unpaired) electrons. The average Bonchev–Trinajstić information content (AvgIpc) is 3.50. The molecule has 2 aromatic carbocycles. The highest BCUT2D eigenvalue weighted by Crippen LogP contribution is 2.33. The minimum atomic E-state index is -0.955. The molecule has 2 aromatic heterocycles. The number of carboxylic acids is 1. The van der Waals surface area contributed by atoms with Crippen LogP contribution in [0.2, 0.25) is 0 Å². The lowest BCUT2D eigenvalue weighted by Gasteiger charge is -2.26. The number of rotatable bonds is 8. The second-order valence-electron chi connectivity index (χ2n) is 8.53. The molecular weight excluding hydrogens is 416 g/mol. The zero-order valence-electron chi connectivity index (χ0n) is 18.3. The van der Waals surface area contributed by atoms with Crippen LogP contribution in [0.15, 0.2) is 73.6 Å². The van der Waals surface area contributed by atoms with Gasteiger partial charge in [0.25, 0.3) is 0 Å². The van der Waals surface area contributed by atoms with Gasteiger partial charge in [-0.05, 0) is 59.6 Å². The zero-order valence-corrected chi connectivity index (χ0v) is 18.3. The number of carbonyl (C=O) groups is 1. The summed E-state index contributed by atoms with van der Waals surface area (Å²) in [6, 6.07) is 14.3.